The van der Waals surface area contributed by atoms with Gasteiger partial charge >= 0.3 is 0 Å². The van der Waals surface area contributed by atoms with Gasteiger partial charge in [0.1, 0.15) is 5.75 Å². The molecule has 138 valence electrons. The fraction of sp³-hybridized carbons (Fsp3) is 0.250. The Morgan fingerprint density at radius 2 is 1.56 bits per heavy atom. The highest BCUT2D eigenvalue weighted by Gasteiger charge is 2.17. The van der Waals surface area contributed by atoms with Crippen molar-refractivity contribution in [2.75, 3.05) is 32.9 Å². The molecule has 27 heavy (non-hydrogen) atoms. The van der Waals surface area contributed by atoms with E-state index in [1.165, 1.54) is 0 Å². The number of carbonyl (C=O) groups is 1. The molecule has 7 heteroatoms. The van der Waals surface area contributed by atoms with Crippen LogP contribution in [0.15, 0.2) is 59.0 Å². The summed E-state index contributed by atoms with van der Waals surface area (Å²) >= 11 is 0. The summed E-state index contributed by atoms with van der Waals surface area (Å²) in [6.45, 7) is 2.40. The van der Waals surface area contributed by atoms with E-state index in [4.69, 9.17) is 13.9 Å². The first-order valence-corrected chi connectivity index (χ1v) is 8.77. The molecular formula is C20H19N3O4. The van der Waals surface area contributed by atoms with Crippen molar-refractivity contribution in [1.29, 1.82) is 0 Å². The minimum Gasteiger partial charge on any atom is -0.484 e. The fourth-order valence-corrected chi connectivity index (χ4v) is 2.78. The highest BCUT2D eigenvalue weighted by Crippen LogP contribution is 2.25. The summed E-state index contributed by atoms with van der Waals surface area (Å²) in [6, 6.07) is 16.8. The molecule has 7 nitrogen and oxygen atoms in total. The smallest absolute Gasteiger partial charge is 0.260 e. The molecule has 3 aromatic rings. The first-order chi connectivity index (χ1) is 13.3. The van der Waals surface area contributed by atoms with Crippen molar-refractivity contribution < 1.29 is 18.7 Å². The monoisotopic (exact) mass is 365 g/mol. The van der Waals surface area contributed by atoms with Crippen molar-refractivity contribution >= 4 is 5.91 Å². The lowest BCUT2D eigenvalue weighted by molar-refractivity contribution is -0.137. The SMILES string of the molecule is O=C(COc1ccc(-c2nnc(-c3ccccc3)o2)cc1)N1CCOCC1. The van der Waals surface area contributed by atoms with Crippen LogP contribution in [0.2, 0.25) is 0 Å². The van der Waals surface area contributed by atoms with Crippen molar-refractivity contribution in [2.45, 2.75) is 0 Å². The van der Waals surface area contributed by atoms with E-state index in [-0.39, 0.29) is 12.5 Å². The number of hydrogen-bond donors (Lipinski definition) is 0. The van der Waals surface area contributed by atoms with Crippen molar-refractivity contribution in [3.63, 3.8) is 0 Å². The van der Waals surface area contributed by atoms with Gasteiger partial charge in [0.2, 0.25) is 11.8 Å². The number of nitrogens with zero attached hydrogens (tertiary/aromatic N) is 3. The van der Waals surface area contributed by atoms with Crippen LogP contribution < -0.4 is 4.74 Å². The summed E-state index contributed by atoms with van der Waals surface area (Å²) in [6.07, 6.45) is 0. The molecular weight excluding hydrogens is 346 g/mol. The van der Waals surface area contributed by atoms with Crippen molar-refractivity contribution in [1.82, 2.24) is 15.1 Å². The second-order valence-electron chi connectivity index (χ2n) is 6.08. The van der Waals surface area contributed by atoms with Gasteiger partial charge in [-0.3, -0.25) is 4.79 Å². The quantitative estimate of drug-likeness (QED) is 0.692. The lowest BCUT2D eigenvalue weighted by atomic mass is 10.2. The molecule has 0 unspecified atom stereocenters. The van der Waals surface area contributed by atoms with Crippen LogP contribution >= 0.6 is 0 Å². The largest absolute Gasteiger partial charge is 0.484 e. The molecule has 1 amide bonds. The van der Waals surface area contributed by atoms with Gasteiger partial charge in [0.15, 0.2) is 6.61 Å². The molecule has 1 saturated heterocycles. The first kappa shape index (κ1) is 17.2. The highest BCUT2D eigenvalue weighted by molar-refractivity contribution is 5.77. The van der Waals surface area contributed by atoms with Crippen molar-refractivity contribution in [3.8, 4) is 28.7 Å². The van der Waals surface area contributed by atoms with Crippen molar-refractivity contribution in [2.24, 2.45) is 0 Å². The van der Waals surface area contributed by atoms with Crippen LogP contribution in [0.25, 0.3) is 22.9 Å². The Kier molecular flexibility index (Phi) is 5.11. The van der Waals surface area contributed by atoms with Crippen molar-refractivity contribution in [3.05, 3.63) is 54.6 Å². The number of benzene rings is 2. The molecule has 1 fully saturated rings. The van der Waals surface area contributed by atoms with Crippen LogP contribution in [-0.4, -0.2) is 53.9 Å². The Bertz CT molecular complexity index is 887. The summed E-state index contributed by atoms with van der Waals surface area (Å²) in [4.78, 5) is 13.9. The fourth-order valence-electron chi connectivity index (χ4n) is 2.78. The predicted molar refractivity (Wildman–Crippen MR) is 98.1 cm³/mol. The van der Waals surface area contributed by atoms with E-state index in [0.717, 1.165) is 11.1 Å². The Balaban J connectivity index is 1.37. The van der Waals surface area contributed by atoms with E-state index < -0.39 is 0 Å². The van der Waals surface area contributed by atoms with Gasteiger partial charge in [-0.25, -0.2) is 0 Å². The first-order valence-electron chi connectivity index (χ1n) is 8.77. The number of hydrogen-bond acceptors (Lipinski definition) is 6. The van der Waals surface area contributed by atoms with E-state index in [1.807, 2.05) is 42.5 Å². The summed E-state index contributed by atoms with van der Waals surface area (Å²) < 4.78 is 16.6. The summed E-state index contributed by atoms with van der Waals surface area (Å²) in [5.41, 5.74) is 1.66. The Labute approximate surface area is 156 Å². The number of carbonyl (C=O) groups excluding carboxylic acids is 1. The third-order valence-corrected chi connectivity index (χ3v) is 4.27. The second-order valence-corrected chi connectivity index (χ2v) is 6.08. The lowest BCUT2D eigenvalue weighted by Gasteiger charge is -2.26. The molecule has 0 spiro atoms. The van der Waals surface area contributed by atoms with Crippen LogP contribution in [0.1, 0.15) is 0 Å². The molecule has 1 aliphatic rings. The van der Waals surface area contributed by atoms with Gasteiger partial charge in [-0.1, -0.05) is 18.2 Å². The van der Waals surface area contributed by atoms with Gasteiger partial charge in [-0.05, 0) is 36.4 Å². The lowest BCUT2D eigenvalue weighted by Crippen LogP contribution is -2.42. The van der Waals surface area contributed by atoms with E-state index in [9.17, 15) is 4.79 Å². The third kappa shape index (κ3) is 4.15. The number of morpholine rings is 1. The Morgan fingerprint density at radius 1 is 0.926 bits per heavy atom. The maximum atomic E-state index is 12.1. The van der Waals surface area contributed by atoms with Crippen LogP contribution in [0.4, 0.5) is 0 Å². The molecule has 0 atom stereocenters. The Morgan fingerprint density at radius 3 is 2.22 bits per heavy atom. The topological polar surface area (TPSA) is 77.7 Å². The molecule has 4 rings (SSSR count). The van der Waals surface area contributed by atoms with Gasteiger partial charge in [0.05, 0.1) is 13.2 Å². The molecule has 0 radical (unpaired) electrons. The Hall–Kier alpha value is -3.19. The summed E-state index contributed by atoms with van der Waals surface area (Å²) in [5.74, 6) is 1.49. The van der Waals surface area contributed by atoms with E-state index in [2.05, 4.69) is 10.2 Å². The van der Waals surface area contributed by atoms with E-state index in [1.54, 1.807) is 17.0 Å². The minimum absolute atomic E-state index is 0.0120. The van der Waals surface area contributed by atoms with Gasteiger partial charge < -0.3 is 18.8 Å². The van der Waals surface area contributed by atoms with Gasteiger partial charge in [0, 0.05) is 24.2 Å². The van der Waals surface area contributed by atoms with Crippen LogP contribution in [0, 0.1) is 0 Å². The van der Waals surface area contributed by atoms with Crippen LogP contribution in [0.5, 0.6) is 5.75 Å². The maximum Gasteiger partial charge on any atom is 0.260 e. The molecule has 0 N–H and O–H groups in total. The summed E-state index contributed by atoms with van der Waals surface area (Å²) in [7, 11) is 0. The normalized spacial score (nSPS) is 14.1. The number of amides is 1. The number of aromatic nitrogens is 2. The molecule has 1 aromatic heterocycles. The average molecular weight is 365 g/mol. The number of ether oxygens (including phenoxy) is 2. The molecule has 0 aliphatic carbocycles. The minimum atomic E-state index is -0.0354. The molecule has 2 heterocycles. The maximum absolute atomic E-state index is 12.1. The van der Waals surface area contributed by atoms with E-state index in [0.29, 0.717) is 43.8 Å². The zero-order valence-electron chi connectivity index (χ0n) is 14.7. The van der Waals surface area contributed by atoms with Gasteiger partial charge in [-0.2, -0.15) is 0 Å². The van der Waals surface area contributed by atoms with E-state index >= 15 is 0 Å². The number of rotatable bonds is 5. The third-order valence-electron chi connectivity index (χ3n) is 4.27. The zero-order valence-corrected chi connectivity index (χ0v) is 14.7. The zero-order chi connectivity index (χ0) is 18.5. The van der Waals surface area contributed by atoms with Crippen LogP contribution in [-0.2, 0) is 9.53 Å². The highest BCUT2D eigenvalue weighted by atomic mass is 16.5. The average Bonchev–Trinajstić information content (AvgIpc) is 3.24. The molecule has 1 aliphatic heterocycles. The molecule has 2 aromatic carbocycles. The second kappa shape index (κ2) is 8.01. The summed E-state index contributed by atoms with van der Waals surface area (Å²) in [5, 5.41) is 8.19. The standard InChI is InChI=1S/C20H19N3O4/c24-18(23-10-12-25-13-11-23)14-26-17-8-6-16(7-9-17)20-22-21-19(27-20)15-4-2-1-3-5-15/h1-9H,10-14H2. The molecule has 0 saturated carbocycles. The van der Waals surface area contributed by atoms with Gasteiger partial charge in [-0.15, -0.1) is 10.2 Å². The van der Waals surface area contributed by atoms with Gasteiger partial charge in [0.25, 0.3) is 5.91 Å². The van der Waals surface area contributed by atoms with Crippen LogP contribution in [0.3, 0.4) is 0 Å². The molecule has 0 bridgehead atoms. The predicted octanol–water partition coefficient (Wildman–Crippen LogP) is 2.64.